The van der Waals surface area contributed by atoms with E-state index in [9.17, 15) is 0 Å². The SMILES string of the molecule is Cc1nsc(N2CCN(Cc3nc(-c4ccccc4)cs3)CC2)n1. The van der Waals surface area contributed by atoms with E-state index in [4.69, 9.17) is 4.98 Å². The molecule has 3 heterocycles. The van der Waals surface area contributed by atoms with Crippen LogP contribution in [0.2, 0.25) is 0 Å². The maximum Gasteiger partial charge on any atom is 0.205 e. The van der Waals surface area contributed by atoms with Crippen LogP contribution in [0, 0.1) is 6.92 Å². The van der Waals surface area contributed by atoms with Crippen molar-refractivity contribution in [3.8, 4) is 11.3 Å². The van der Waals surface area contributed by atoms with Crippen molar-refractivity contribution < 1.29 is 0 Å². The first-order valence-corrected chi connectivity index (χ1v) is 9.71. The number of benzene rings is 1. The highest BCUT2D eigenvalue weighted by Crippen LogP contribution is 2.23. The van der Waals surface area contributed by atoms with Crippen molar-refractivity contribution in [2.75, 3.05) is 31.1 Å². The summed E-state index contributed by atoms with van der Waals surface area (Å²) in [7, 11) is 0. The molecule has 24 heavy (non-hydrogen) atoms. The van der Waals surface area contributed by atoms with Crippen molar-refractivity contribution in [3.63, 3.8) is 0 Å². The first-order chi connectivity index (χ1) is 11.8. The molecule has 0 unspecified atom stereocenters. The van der Waals surface area contributed by atoms with Gasteiger partial charge in [0.25, 0.3) is 0 Å². The molecule has 4 rings (SSSR count). The van der Waals surface area contributed by atoms with E-state index in [2.05, 4.69) is 48.8 Å². The van der Waals surface area contributed by atoms with Crippen LogP contribution in [0.5, 0.6) is 0 Å². The highest BCUT2D eigenvalue weighted by molar-refractivity contribution is 7.10. The molecule has 0 atom stereocenters. The number of hydrogen-bond donors (Lipinski definition) is 0. The molecular weight excluding hydrogens is 338 g/mol. The third kappa shape index (κ3) is 3.48. The Morgan fingerprint density at radius 3 is 2.54 bits per heavy atom. The summed E-state index contributed by atoms with van der Waals surface area (Å²) in [6.07, 6.45) is 0. The van der Waals surface area contributed by atoms with E-state index in [1.165, 1.54) is 22.1 Å². The monoisotopic (exact) mass is 357 g/mol. The molecular formula is C17H19N5S2. The molecule has 1 aromatic carbocycles. The van der Waals surface area contributed by atoms with Gasteiger partial charge in [0.15, 0.2) is 0 Å². The lowest BCUT2D eigenvalue weighted by Crippen LogP contribution is -2.45. The van der Waals surface area contributed by atoms with Crippen molar-refractivity contribution in [1.82, 2.24) is 19.2 Å². The van der Waals surface area contributed by atoms with Crippen LogP contribution in [0.4, 0.5) is 5.13 Å². The molecule has 0 radical (unpaired) electrons. The summed E-state index contributed by atoms with van der Waals surface area (Å²) in [4.78, 5) is 14.1. The van der Waals surface area contributed by atoms with E-state index in [1.54, 1.807) is 11.3 Å². The standard InChI is InChI=1S/C17H19N5S2/c1-13-18-17(24-20-13)22-9-7-21(8-10-22)11-16-19-15(12-23-16)14-5-3-2-4-6-14/h2-6,12H,7-11H2,1H3. The number of aromatic nitrogens is 3. The third-order valence-corrected chi connectivity index (χ3v) is 5.84. The molecule has 0 amide bonds. The van der Waals surface area contributed by atoms with Crippen LogP contribution in [-0.2, 0) is 6.54 Å². The zero-order chi connectivity index (χ0) is 16.4. The van der Waals surface area contributed by atoms with E-state index < -0.39 is 0 Å². The normalized spacial score (nSPS) is 15.8. The molecule has 0 saturated carbocycles. The largest absolute Gasteiger partial charge is 0.344 e. The Morgan fingerprint density at radius 1 is 1.04 bits per heavy atom. The van der Waals surface area contributed by atoms with Crippen molar-refractivity contribution in [2.45, 2.75) is 13.5 Å². The van der Waals surface area contributed by atoms with Crippen molar-refractivity contribution >= 4 is 28.0 Å². The Kier molecular flexibility index (Phi) is 4.55. The zero-order valence-corrected chi connectivity index (χ0v) is 15.2. The first-order valence-electron chi connectivity index (χ1n) is 8.05. The second-order valence-electron chi connectivity index (χ2n) is 5.88. The fourth-order valence-corrected chi connectivity index (χ4v) is 4.40. The Bertz CT molecular complexity index is 790. The Hall–Kier alpha value is -1.83. The van der Waals surface area contributed by atoms with Crippen molar-refractivity contribution in [2.24, 2.45) is 0 Å². The van der Waals surface area contributed by atoms with E-state index >= 15 is 0 Å². The van der Waals surface area contributed by atoms with Gasteiger partial charge in [-0.25, -0.2) is 9.97 Å². The molecule has 1 fully saturated rings. The molecule has 5 nitrogen and oxygen atoms in total. The van der Waals surface area contributed by atoms with Gasteiger partial charge in [-0.2, -0.15) is 4.37 Å². The fraction of sp³-hybridized carbons (Fsp3) is 0.353. The second-order valence-corrected chi connectivity index (χ2v) is 7.55. The fourth-order valence-electron chi connectivity index (χ4n) is 2.83. The first kappa shape index (κ1) is 15.7. The average molecular weight is 358 g/mol. The average Bonchev–Trinajstić information content (AvgIpc) is 3.26. The number of thiazole rings is 1. The van der Waals surface area contributed by atoms with Gasteiger partial charge in [-0.15, -0.1) is 11.3 Å². The van der Waals surface area contributed by atoms with Gasteiger partial charge in [0, 0.05) is 48.7 Å². The van der Waals surface area contributed by atoms with Crippen LogP contribution < -0.4 is 4.90 Å². The van der Waals surface area contributed by atoms with Crippen LogP contribution >= 0.6 is 22.9 Å². The summed E-state index contributed by atoms with van der Waals surface area (Å²) in [6, 6.07) is 10.4. The van der Waals surface area contributed by atoms with Gasteiger partial charge in [0.2, 0.25) is 5.13 Å². The maximum atomic E-state index is 4.80. The van der Waals surface area contributed by atoms with Gasteiger partial charge in [0.05, 0.1) is 12.2 Å². The smallest absolute Gasteiger partial charge is 0.205 e. The number of rotatable bonds is 4. The summed E-state index contributed by atoms with van der Waals surface area (Å²) < 4.78 is 4.28. The van der Waals surface area contributed by atoms with Gasteiger partial charge in [0.1, 0.15) is 10.8 Å². The predicted octanol–water partition coefficient (Wildman–Crippen LogP) is 3.29. The minimum absolute atomic E-state index is 0.869. The molecule has 0 N–H and O–H groups in total. The highest BCUT2D eigenvalue weighted by atomic mass is 32.1. The minimum Gasteiger partial charge on any atom is -0.344 e. The van der Waals surface area contributed by atoms with Gasteiger partial charge >= 0.3 is 0 Å². The van der Waals surface area contributed by atoms with E-state index in [0.29, 0.717) is 0 Å². The van der Waals surface area contributed by atoms with Crippen LogP contribution in [0.3, 0.4) is 0 Å². The maximum absolute atomic E-state index is 4.80. The molecule has 0 bridgehead atoms. The van der Waals surface area contributed by atoms with Crippen LogP contribution in [0.25, 0.3) is 11.3 Å². The lowest BCUT2D eigenvalue weighted by atomic mass is 10.2. The van der Waals surface area contributed by atoms with Crippen LogP contribution in [0.15, 0.2) is 35.7 Å². The summed E-state index contributed by atoms with van der Waals surface area (Å²) >= 11 is 3.25. The zero-order valence-electron chi connectivity index (χ0n) is 13.6. The number of anilines is 1. The van der Waals surface area contributed by atoms with Crippen LogP contribution in [-0.4, -0.2) is 45.4 Å². The molecule has 0 aliphatic carbocycles. The molecule has 1 aliphatic heterocycles. The van der Waals surface area contributed by atoms with Gasteiger partial charge < -0.3 is 4.90 Å². The van der Waals surface area contributed by atoms with Crippen molar-refractivity contribution in [1.29, 1.82) is 0 Å². The molecule has 3 aromatic rings. The van der Waals surface area contributed by atoms with Crippen LogP contribution in [0.1, 0.15) is 10.8 Å². The van der Waals surface area contributed by atoms with E-state index in [1.807, 2.05) is 13.0 Å². The third-order valence-electron chi connectivity index (χ3n) is 4.14. The number of hydrogen-bond acceptors (Lipinski definition) is 7. The molecule has 7 heteroatoms. The summed E-state index contributed by atoms with van der Waals surface area (Å²) in [5.74, 6) is 0.869. The molecule has 0 spiro atoms. The molecule has 124 valence electrons. The van der Waals surface area contributed by atoms with Gasteiger partial charge in [-0.3, -0.25) is 4.90 Å². The highest BCUT2D eigenvalue weighted by Gasteiger charge is 2.20. The molecule has 2 aromatic heterocycles. The summed E-state index contributed by atoms with van der Waals surface area (Å²) in [5.41, 5.74) is 2.27. The molecule has 1 saturated heterocycles. The Labute approximate surface area is 149 Å². The number of nitrogens with zero attached hydrogens (tertiary/aromatic N) is 5. The predicted molar refractivity (Wildman–Crippen MR) is 99.7 cm³/mol. The topological polar surface area (TPSA) is 45.2 Å². The number of aryl methyl sites for hydroxylation is 1. The Morgan fingerprint density at radius 2 is 1.83 bits per heavy atom. The Balaban J connectivity index is 1.35. The minimum atomic E-state index is 0.869. The quantitative estimate of drug-likeness (QED) is 0.717. The summed E-state index contributed by atoms with van der Waals surface area (Å²) in [5, 5.41) is 4.40. The second kappa shape index (κ2) is 6.96. The lowest BCUT2D eigenvalue weighted by Gasteiger charge is -2.33. The van der Waals surface area contributed by atoms with Gasteiger partial charge in [-0.1, -0.05) is 30.3 Å². The van der Waals surface area contributed by atoms with Gasteiger partial charge in [-0.05, 0) is 6.92 Å². The molecule has 1 aliphatic rings. The van der Waals surface area contributed by atoms with Crippen molar-refractivity contribution in [3.05, 3.63) is 46.5 Å². The summed E-state index contributed by atoms with van der Waals surface area (Å²) in [6.45, 7) is 6.97. The lowest BCUT2D eigenvalue weighted by molar-refractivity contribution is 0.249. The van der Waals surface area contributed by atoms with E-state index in [0.717, 1.165) is 49.4 Å². The van der Waals surface area contributed by atoms with E-state index in [-0.39, 0.29) is 0 Å². The number of piperazine rings is 1.